The molecule has 11 aromatic rings. The van der Waals surface area contributed by atoms with Crippen molar-refractivity contribution in [3.8, 4) is 0 Å². The van der Waals surface area contributed by atoms with Crippen LogP contribution >= 0.6 is 7.81 Å². The maximum absolute atomic E-state index is 13.6. The quantitative estimate of drug-likeness (QED) is 0.0219. The van der Waals surface area contributed by atoms with E-state index in [1.165, 1.54) is 0 Å². The van der Waals surface area contributed by atoms with Crippen LogP contribution in [-0.2, 0) is 151 Å². The van der Waals surface area contributed by atoms with Gasteiger partial charge in [-0.05, 0) is 61.2 Å². The molecule has 4 heterocycles. The Bertz CT molecular complexity index is 4670. The molecule has 15 atom stereocenters. The SMILES string of the molecule is C[n+]1ccn(Cc2ccc(CO[C@H]3O[C@H](COCc4ccccc4)[C@@H](OCc4ccccc4)[C@H](OCc4ccccc4)[C@@H]3O[C@H]3O[C@H](COCc4ccccc4)[C@@H](OCc4ccccc4)[C@H](OCc4ccccc4)[C@@H]3O[C@H]3O[C@H](COCc4ccccc4)[C@@H](OCc4ccccc4)[C@H](OCc4ccccc4)[C@@H]3O)cc2)c1.F[P-](F)(F)(F)(F)F. The number of aliphatic hydroxyl groups excluding tert-OH is 1. The van der Waals surface area contributed by atoms with Crippen molar-refractivity contribution in [3.05, 3.63) is 377 Å². The van der Waals surface area contributed by atoms with Crippen molar-refractivity contribution in [2.24, 2.45) is 7.05 Å². The van der Waals surface area contributed by atoms with Gasteiger partial charge < -0.3 is 76.2 Å². The molecule has 0 unspecified atom stereocenters. The second-order valence-corrected chi connectivity index (χ2v) is 31.1. The van der Waals surface area contributed by atoms with Crippen LogP contribution in [0.4, 0.5) is 25.2 Å². The molecule has 0 spiro atoms. The molecular weight excluding hydrogens is 1550 g/mol. The number of rotatable bonds is 39. The topological polar surface area (TPSA) is 167 Å². The number of benzene rings is 10. The van der Waals surface area contributed by atoms with Gasteiger partial charge in [0.25, 0.3) is 0 Å². The summed E-state index contributed by atoms with van der Waals surface area (Å²) in [6.45, 7) is 2.35. The van der Waals surface area contributed by atoms with Crippen LogP contribution in [0.1, 0.15) is 61.2 Å². The first-order valence-electron chi connectivity index (χ1n) is 39.3. The van der Waals surface area contributed by atoms with Crippen LogP contribution < -0.4 is 4.57 Å². The third-order valence-corrected chi connectivity index (χ3v) is 19.9. The minimum absolute atomic E-state index is 0.00101. The van der Waals surface area contributed by atoms with Crippen molar-refractivity contribution in [1.29, 1.82) is 0 Å². The van der Waals surface area contributed by atoms with Gasteiger partial charge >= 0.3 is 33.0 Å². The number of aromatic nitrogens is 2. The van der Waals surface area contributed by atoms with Gasteiger partial charge in [0.2, 0.25) is 6.33 Å². The van der Waals surface area contributed by atoms with Gasteiger partial charge in [-0.3, -0.25) is 0 Å². The Morgan fingerprint density at radius 3 is 0.864 bits per heavy atom. The third-order valence-electron chi connectivity index (χ3n) is 19.9. The van der Waals surface area contributed by atoms with Crippen LogP contribution in [0.15, 0.2) is 316 Å². The molecule has 3 aliphatic rings. The zero-order chi connectivity index (χ0) is 81.8. The number of hydrogen-bond donors (Lipinski definition) is 1. The summed E-state index contributed by atoms with van der Waals surface area (Å²) < 4.78 is 172. The standard InChI is InChI=1S/C93H99N2O16.F6P/c1-94-51-52-95(67-94)53-68-47-49-78(50-48-68)63-106-92-89(87(104-61-76-43-25-9-26-44-76)84(101-58-73-37-19-6-20-38-73)80(108-92)65-98-55-70-31-13-3-14-32-70)111-93-90(88(105-62-77-45-27-10-28-46-77)85(102-59-74-39-21-7-22-40-74)81(109-93)66-99-56-71-33-15-4-16-34-71)110-91-82(96)86(103-60-75-41-23-8-24-42-75)83(100-57-72-35-17-5-18-36-72)79(107-91)64-97-54-69-29-11-2-12-30-69;1-7(2,3,4,5)6/h2-52,67,79-93,96H,53-66H2,1H3;/q+1;-1/t79-,80-,81-,82+,83-,84-,85-,86-,87+,88+,89+,90+,91-,92+,93-;/m1./s1. The molecule has 1 N–H and O–H groups in total. The monoisotopic (exact) mass is 1640 g/mol. The molecule has 3 saturated heterocycles. The summed E-state index contributed by atoms with van der Waals surface area (Å²) in [6.07, 6.45) is -10.9. The molecule has 3 aliphatic heterocycles. The van der Waals surface area contributed by atoms with E-state index in [1.54, 1.807) is 0 Å². The number of imidazole rings is 1. The molecule has 118 heavy (non-hydrogen) atoms. The Labute approximate surface area is 683 Å². The van der Waals surface area contributed by atoms with E-state index < -0.39 is 99.9 Å². The van der Waals surface area contributed by atoms with E-state index in [-0.39, 0.29) is 85.9 Å². The summed E-state index contributed by atoms with van der Waals surface area (Å²) in [7, 11) is -8.65. The molecule has 0 aliphatic carbocycles. The summed E-state index contributed by atoms with van der Waals surface area (Å²) in [5.41, 5.74) is 10.2. The average Bonchev–Trinajstić information content (AvgIpc) is 0.857. The number of ether oxygens (including phenoxy) is 15. The second-order valence-electron chi connectivity index (χ2n) is 29.2. The Kier molecular flexibility index (Phi) is 30.9. The van der Waals surface area contributed by atoms with E-state index >= 15 is 0 Å². The van der Waals surface area contributed by atoms with Crippen molar-refractivity contribution < 1.29 is 106 Å². The van der Waals surface area contributed by atoms with Crippen molar-refractivity contribution in [2.45, 2.75) is 165 Å². The average molecular weight is 1650 g/mol. The summed E-state index contributed by atoms with van der Waals surface area (Å²) in [6, 6.07) is 97.8. The van der Waals surface area contributed by atoms with Gasteiger partial charge in [0.15, 0.2) is 18.9 Å². The third kappa shape index (κ3) is 27.9. The first-order valence-corrected chi connectivity index (χ1v) is 41.3. The number of hydrogen-bond acceptors (Lipinski definition) is 16. The molecule has 0 saturated carbocycles. The molecule has 25 heteroatoms. The fourth-order valence-corrected chi connectivity index (χ4v) is 14.1. The van der Waals surface area contributed by atoms with E-state index in [4.69, 9.17) is 71.1 Å². The number of nitrogens with zero attached hydrogens (tertiary/aromatic N) is 2. The van der Waals surface area contributed by atoms with Gasteiger partial charge in [-0.1, -0.05) is 297 Å². The Balaban J connectivity index is 0.00000165. The molecule has 18 nitrogen and oxygen atoms in total. The van der Waals surface area contributed by atoms with Gasteiger partial charge in [0.1, 0.15) is 92.2 Å². The number of halogens is 6. The predicted molar refractivity (Wildman–Crippen MR) is 430 cm³/mol. The Hall–Kier alpha value is -9.22. The van der Waals surface area contributed by atoms with Crippen LogP contribution in [0.5, 0.6) is 0 Å². The molecule has 1 aromatic heterocycles. The fraction of sp³-hybridized carbons (Fsp3) is 0.323. The summed E-state index contributed by atoms with van der Waals surface area (Å²) in [5.74, 6) is 0. The molecule has 0 radical (unpaired) electrons. The van der Waals surface area contributed by atoms with Gasteiger partial charge in [0, 0.05) is 0 Å². The van der Waals surface area contributed by atoms with Crippen molar-refractivity contribution in [1.82, 2.24) is 4.57 Å². The van der Waals surface area contributed by atoms with E-state index in [0.717, 1.165) is 61.2 Å². The van der Waals surface area contributed by atoms with Crippen molar-refractivity contribution in [3.63, 3.8) is 0 Å². The van der Waals surface area contributed by atoms with Crippen molar-refractivity contribution in [2.75, 3.05) is 19.8 Å². The molecule has 0 bridgehead atoms. The molecule has 3 fully saturated rings. The first-order chi connectivity index (χ1) is 57.3. The van der Waals surface area contributed by atoms with Crippen LogP contribution in [0.3, 0.4) is 0 Å². The second kappa shape index (κ2) is 42.1. The molecule has 624 valence electrons. The molecular formula is C93H99F6N2O16P. The number of aryl methyl sites for hydroxylation is 1. The zero-order valence-corrected chi connectivity index (χ0v) is 66.2. The fourth-order valence-electron chi connectivity index (χ4n) is 14.1. The molecule has 10 aromatic carbocycles. The summed E-state index contributed by atoms with van der Waals surface area (Å²) in [4.78, 5) is 0. The normalized spacial score (nSPS) is 23.9. The van der Waals surface area contributed by atoms with Gasteiger partial charge in [-0.2, -0.15) is 0 Å². The van der Waals surface area contributed by atoms with Gasteiger partial charge in [-0.25, -0.2) is 9.13 Å². The Morgan fingerprint density at radius 2 is 0.542 bits per heavy atom. The molecule has 14 rings (SSSR count). The minimum atomic E-state index is -10.7. The van der Waals surface area contributed by atoms with Crippen LogP contribution in [0.2, 0.25) is 0 Å². The maximum atomic E-state index is 13.6. The van der Waals surface area contributed by atoms with E-state index in [1.807, 2.05) is 303 Å². The van der Waals surface area contributed by atoms with Crippen molar-refractivity contribution >= 4 is 7.81 Å². The first kappa shape index (κ1) is 86.6. The van der Waals surface area contributed by atoms with Gasteiger partial charge in [0.05, 0.1) is 92.9 Å². The zero-order valence-electron chi connectivity index (χ0n) is 65.3. The van der Waals surface area contributed by atoms with Crippen LogP contribution in [0.25, 0.3) is 0 Å². The van der Waals surface area contributed by atoms with Crippen LogP contribution in [-0.4, -0.2) is 122 Å². The van der Waals surface area contributed by atoms with E-state index in [9.17, 15) is 30.3 Å². The summed E-state index contributed by atoms with van der Waals surface area (Å²) in [5, 5.41) is 13.6. The van der Waals surface area contributed by atoms with Crippen LogP contribution in [0, 0.1) is 0 Å². The molecule has 0 amide bonds. The Morgan fingerprint density at radius 1 is 0.297 bits per heavy atom. The van der Waals surface area contributed by atoms with E-state index in [0.29, 0.717) is 6.54 Å². The predicted octanol–water partition coefficient (Wildman–Crippen LogP) is 17.7. The summed E-state index contributed by atoms with van der Waals surface area (Å²) >= 11 is 0. The number of aliphatic hydroxyl groups is 1. The van der Waals surface area contributed by atoms with E-state index in [2.05, 4.69) is 28.8 Å². The van der Waals surface area contributed by atoms with Gasteiger partial charge in [-0.15, -0.1) is 0 Å².